The summed E-state index contributed by atoms with van der Waals surface area (Å²) in [4.78, 5) is 37.8. The summed E-state index contributed by atoms with van der Waals surface area (Å²) in [7, 11) is 0. The van der Waals surface area contributed by atoms with Crippen LogP contribution in [0.15, 0.2) is 32.6 Å². The molecule has 4 rings (SSSR count). The number of nitrogens with zero attached hydrogens (tertiary/aromatic N) is 4. The topological polar surface area (TPSA) is 156 Å². The third-order valence-electron chi connectivity index (χ3n) is 4.84. The van der Waals surface area contributed by atoms with E-state index >= 15 is 0 Å². The van der Waals surface area contributed by atoms with E-state index in [2.05, 4.69) is 15.3 Å². The Morgan fingerprint density at radius 2 is 1.81 bits per heavy atom. The first kappa shape index (κ1) is 21.8. The molecule has 1 aliphatic heterocycles. The van der Waals surface area contributed by atoms with Crippen molar-refractivity contribution in [3.8, 4) is 23.4 Å². The minimum absolute atomic E-state index is 0.00604. The monoisotopic (exact) mass is 476 g/mol. The van der Waals surface area contributed by atoms with Crippen molar-refractivity contribution < 1.29 is 9.47 Å². The summed E-state index contributed by atoms with van der Waals surface area (Å²) in [6.07, 6.45) is 1.41. The van der Waals surface area contributed by atoms with Crippen LogP contribution in [0.1, 0.15) is 30.0 Å². The Labute approximate surface area is 189 Å². The first-order chi connectivity index (χ1) is 15.4. The van der Waals surface area contributed by atoms with Crippen LogP contribution in [-0.4, -0.2) is 38.2 Å². The molecule has 11 nitrogen and oxygen atoms in total. The predicted octanol–water partition coefficient (Wildman–Crippen LogP) is 1.87. The summed E-state index contributed by atoms with van der Waals surface area (Å²) in [6.45, 7) is 1.13. The van der Waals surface area contributed by atoms with Gasteiger partial charge < -0.3 is 9.47 Å². The van der Waals surface area contributed by atoms with Gasteiger partial charge in [0, 0.05) is 24.8 Å². The smallest absolute Gasteiger partial charge is 0.349 e. The molecular weight excluding hydrogens is 463 g/mol. The average Bonchev–Trinajstić information content (AvgIpc) is 2.78. The van der Waals surface area contributed by atoms with Crippen LogP contribution in [0, 0.1) is 11.3 Å². The van der Waals surface area contributed by atoms with E-state index in [4.69, 9.17) is 37.9 Å². The fourth-order valence-corrected chi connectivity index (χ4v) is 3.84. The maximum atomic E-state index is 12.2. The van der Waals surface area contributed by atoms with Gasteiger partial charge in [-0.3, -0.25) is 14.6 Å². The lowest BCUT2D eigenvalue weighted by Gasteiger charge is -2.21. The minimum Gasteiger partial charge on any atom is -0.434 e. The zero-order chi connectivity index (χ0) is 22.8. The molecule has 164 valence electrons. The molecule has 32 heavy (non-hydrogen) atoms. The highest BCUT2D eigenvalue weighted by Crippen LogP contribution is 2.38. The Morgan fingerprint density at radius 1 is 1.12 bits per heavy atom. The Balaban J connectivity index is 1.69. The Hall–Kier alpha value is -3.46. The summed E-state index contributed by atoms with van der Waals surface area (Å²) < 4.78 is 11.8. The molecular formula is C19H14Cl2N6O5. The molecule has 0 bridgehead atoms. The molecule has 0 atom stereocenters. The second-order valence-corrected chi connectivity index (χ2v) is 7.66. The van der Waals surface area contributed by atoms with E-state index in [-0.39, 0.29) is 38.8 Å². The molecule has 1 saturated heterocycles. The van der Waals surface area contributed by atoms with E-state index in [9.17, 15) is 14.4 Å². The third-order valence-corrected chi connectivity index (χ3v) is 5.40. The number of aromatic amines is 2. The second kappa shape index (κ2) is 8.96. The normalized spacial score (nSPS) is 14.2. The van der Waals surface area contributed by atoms with Crippen LogP contribution in [0.4, 0.5) is 0 Å². The van der Waals surface area contributed by atoms with Crippen LogP contribution >= 0.6 is 23.2 Å². The molecule has 1 aliphatic rings. The van der Waals surface area contributed by atoms with E-state index < -0.39 is 16.9 Å². The van der Waals surface area contributed by atoms with Gasteiger partial charge in [-0.2, -0.15) is 9.94 Å². The quantitative estimate of drug-likeness (QED) is 0.577. The number of nitrogens with one attached hydrogen (secondary N) is 2. The third kappa shape index (κ3) is 4.29. The van der Waals surface area contributed by atoms with Gasteiger partial charge in [0.15, 0.2) is 5.75 Å². The molecule has 1 aromatic carbocycles. The summed E-state index contributed by atoms with van der Waals surface area (Å²) in [5.74, 6) is 0.125. The highest BCUT2D eigenvalue weighted by Gasteiger charge is 2.21. The standard InChI is InChI=1S/C19H14Cl2N6O5/c20-12-5-10(27-19(30)23-18(29)14(8-22)26-27)6-13(21)16(12)32-15-7-11(17(28)25-24-15)9-1-3-31-4-2-9/h5-7,9H,1-4H2,(H,25,28)(H,23,29,30). The van der Waals surface area contributed by atoms with Crippen molar-refractivity contribution in [3.05, 3.63) is 70.7 Å². The highest BCUT2D eigenvalue weighted by atomic mass is 35.5. The number of aromatic nitrogens is 5. The Bertz CT molecular complexity index is 1380. The highest BCUT2D eigenvalue weighted by molar-refractivity contribution is 6.37. The van der Waals surface area contributed by atoms with Gasteiger partial charge in [0.2, 0.25) is 11.6 Å². The van der Waals surface area contributed by atoms with E-state index in [0.717, 1.165) is 4.68 Å². The largest absolute Gasteiger partial charge is 0.434 e. The predicted molar refractivity (Wildman–Crippen MR) is 113 cm³/mol. The molecule has 3 aromatic rings. The minimum atomic E-state index is -0.907. The van der Waals surface area contributed by atoms with Gasteiger partial charge in [0.25, 0.3) is 11.1 Å². The number of rotatable bonds is 4. The van der Waals surface area contributed by atoms with E-state index in [0.29, 0.717) is 31.6 Å². The second-order valence-electron chi connectivity index (χ2n) is 6.85. The van der Waals surface area contributed by atoms with Crippen molar-refractivity contribution in [2.45, 2.75) is 18.8 Å². The molecule has 3 heterocycles. The maximum Gasteiger partial charge on any atom is 0.349 e. The van der Waals surface area contributed by atoms with Gasteiger partial charge in [-0.05, 0) is 30.9 Å². The molecule has 0 amide bonds. The number of ether oxygens (including phenoxy) is 2. The fourth-order valence-electron chi connectivity index (χ4n) is 3.28. The van der Waals surface area contributed by atoms with Crippen molar-refractivity contribution in [1.82, 2.24) is 25.0 Å². The number of nitriles is 1. The van der Waals surface area contributed by atoms with Crippen molar-refractivity contribution >= 4 is 23.2 Å². The van der Waals surface area contributed by atoms with Gasteiger partial charge in [-0.15, -0.1) is 10.2 Å². The van der Waals surface area contributed by atoms with Crippen molar-refractivity contribution in [2.75, 3.05) is 13.2 Å². The summed E-state index contributed by atoms with van der Waals surface area (Å²) >= 11 is 12.6. The molecule has 1 fully saturated rings. The molecule has 0 saturated carbocycles. The first-order valence-corrected chi connectivity index (χ1v) is 10.1. The SMILES string of the molecule is N#Cc1nn(-c2cc(Cl)c(Oc3cc(C4CCOCC4)c(=O)[nH]n3)c(Cl)c2)c(=O)[nH]c1=O. The van der Waals surface area contributed by atoms with Crippen LogP contribution in [-0.2, 0) is 4.74 Å². The molecule has 0 aliphatic carbocycles. The lowest BCUT2D eigenvalue weighted by atomic mass is 9.93. The summed E-state index contributed by atoms with van der Waals surface area (Å²) in [5.41, 5.74) is -1.98. The van der Waals surface area contributed by atoms with Gasteiger partial charge in [-0.1, -0.05) is 23.2 Å². The molecule has 0 radical (unpaired) electrons. The molecule has 2 aromatic heterocycles. The lowest BCUT2D eigenvalue weighted by molar-refractivity contribution is 0.0849. The molecule has 0 unspecified atom stereocenters. The lowest BCUT2D eigenvalue weighted by Crippen LogP contribution is -2.33. The summed E-state index contributed by atoms with van der Waals surface area (Å²) in [5, 5.41) is 19.0. The number of H-pyrrole nitrogens is 2. The van der Waals surface area contributed by atoms with Crippen LogP contribution in [0.25, 0.3) is 5.69 Å². The Morgan fingerprint density at radius 3 is 2.47 bits per heavy atom. The van der Waals surface area contributed by atoms with E-state index in [1.807, 2.05) is 4.98 Å². The van der Waals surface area contributed by atoms with Crippen LogP contribution in [0.2, 0.25) is 10.0 Å². The zero-order valence-corrected chi connectivity index (χ0v) is 17.7. The zero-order valence-electron chi connectivity index (χ0n) is 16.2. The van der Waals surface area contributed by atoms with Gasteiger partial charge >= 0.3 is 5.69 Å². The number of halogens is 2. The van der Waals surface area contributed by atoms with E-state index in [1.54, 1.807) is 6.07 Å². The number of hydrogen-bond donors (Lipinski definition) is 2. The molecule has 13 heteroatoms. The van der Waals surface area contributed by atoms with Gasteiger partial charge in [0.1, 0.15) is 6.07 Å². The van der Waals surface area contributed by atoms with Gasteiger partial charge in [0.05, 0.1) is 15.7 Å². The van der Waals surface area contributed by atoms with E-state index in [1.165, 1.54) is 18.2 Å². The maximum absolute atomic E-state index is 12.2. The Kier molecular flexibility index (Phi) is 6.09. The van der Waals surface area contributed by atoms with Crippen LogP contribution in [0.3, 0.4) is 0 Å². The number of hydrogen-bond acceptors (Lipinski definition) is 8. The van der Waals surface area contributed by atoms with Crippen molar-refractivity contribution in [1.29, 1.82) is 5.26 Å². The fraction of sp³-hybridized carbons (Fsp3) is 0.263. The molecule has 2 N–H and O–H groups in total. The van der Waals surface area contributed by atoms with Gasteiger partial charge in [-0.25, -0.2) is 9.89 Å². The van der Waals surface area contributed by atoms with Crippen LogP contribution in [0.5, 0.6) is 11.6 Å². The van der Waals surface area contributed by atoms with Crippen molar-refractivity contribution in [2.24, 2.45) is 0 Å². The average molecular weight is 477 g/mol. The summed E-state index contributed by atoms with van der Waals surface area (Å²) in [6, 6.07) is 5.76. The van der Waals surface area contributed by atoms with Crippen molar-refractivity contribution in [3.63, 3.8) is 0 Å². The van der Waals surface area contributed by atoms with Crippen LogP contribution < -0.4 is 21.5 Å². The first-order valence-electron chi connectivity index (χ1n) is 9.35. The number of benzene rings is 1. The molecule has 0 spiro atoms.